The smallest absolute Gasteiger partial charge is 0.336 e. The maximum Gasteiger partial charge on any atom is 0.336 e. The highest BCUT2D eigenvalue weighted by atomic mass is 32.2. The van der Waals surface area contributed by atoms with Crippen LogP contribution in [0.25, 0.3) is 11.0 Å². The minimum Gasteiger partial charge on any atom is -0.423 e. The van der Waals surface area contributed by atoms with Crippen LogP contribution in [0.3, 0.4) is 0 Å². The maximum absolute atomic E-state index is 11.2. The summed E-state index contributed by atoms with van der Waals surface area (Å²) >= 11 is 1.55. The number of rotatable bonds is 2. The molecule has 0 saturated heterocycles. The molecule has 80 valence electrons. The van der Waals surface area contributed by atoms with Crippen molar-refractivity contribution in [1.82, 2.24) is 0 Å². The topological polar surface area (TPSA) is 30.2 Å². The fourth-order valence-electron chi connectivity index (χ4n) is 1.52. The molecule has 0 radical (unpaired) electrons. The molecule has 0 aliphatic carbocycles. The third-order valence-corrected chi connectivity index (χ3v) is 3.14. The molecule has 1 heterocycles. The third-order valence-electron chi connectivity index (χ3n) is 2.24. The van der Waals surface area contributed by atoms with Crippen molar-refractivity contribution < 1.29 is 4.42 Å². The predicted molar refractivity (Wildman–Crippen MR) is 66.8 cm³/mol. The van der Waals surface area contributed by atoms with E-state index in [1.807, 2.05) is 25.1 Å². The number of fused-ring (bicyclic) bond motifs is 1. The quantitative estimate of drug-likeness (QED) is 0.451. The molecular weight excluding hydrogens is 220 g/mol. The molecule has 0 atom stereocenters. The number of hydrogen-bond donors (Lipinski definition) is 0. The van der Waals surface area contributed by atoms with E-state index in [0.717, 1.165) is 15.8 Å². The van der Waals surface area contributed by atoms with Crippen LogP contribution in [0, 0.1) is 19.3 Å². The van der Waals surface area contributed by atoms with E-state index in [2.05, 4.69) is 5.92 Å². The largest absolute Gasteiger partial charge is 0.423 e. The minimum absolute atomic E-state index is 0.316. The highest BCUT2D eigenvalue weighted by molar-refractivity contribution is 7.99. The molecule has 0 aliphatic heterocycles. The summed E-state index contributed by atoms with van der Waals surface area (Å²) in [6.45, 7) is 1.90. The Kier molecular flexibility index (Phi) is 3.02. The van der Waals surface area contributed by atoms with E-state index in [-0.39, 0.29) is 5.63 Å². The van der Waals surface area contributed by atoms with Gasteiger partial charge in [0.15, 0.2) is 0 Å². The Balaban J connectivity index is 2.54. The van der Waals surface area contributed by atoms with Gasteiger partial charge < -0.3 is 4.42 Å². The molecule has 0 unspecified atom stereocenters. The first kappa shape index (κ1) is 10.8. The number of aryl methyl sites for hydroxylation is 1. The second-order valence-corrected chi connectivity index (χ2v) is 4.45. The first-order valence-corrected chi connectivity index (χ1v) is 5.80. The maximum atomic E-state index is 11.2. The summed E-state index contributed by atoms with van der Waals surface area (Å²) in [5, 5.41) is 0.963. The van der Waals surface area contributed by atoms with E-state index in [1.54, 1.807) is 11.8 Å². The van der Waals surface area contributed by atoms with Crippen LogP contribution in [0.2, 0.25) is 0 Å². The zero-order chi connectivity index (χ0) is 11.5. The van der Waals surface area contributed by atoms with Crippen LogP contribution in [0.4, 0.5) is 0 Å². The molecule has 2 rings (SSSR count). The van der Waals surface area contributed by atoms with Crippen molar-refractivity contribution in [1.29, 1.82) is 0 Å². The van der Waals surface area contributed by atoms with Crippen LogP contribution < -0.4 is 5.63 Å². The van der Waals surface area contributed by atoms with Gasteiger partial charge in [0.1, 0.15) is 5.58 Å². The van der Waals surface area contributed by atoms with Gasteiger partial charge in [-0.1, -0.05) is 5.92 Å². The van der Waals surface area contributed by atoms with E-state index in [0.29, 0.717) is 11.3 Å². The third kappa shape index (κ3) is 2.12. The molecule has 0 bridgehead atoms. The molecule has 3 heteroatoms. The van der Waals surface area contributed by atoms with Gasteiger partial charge in [-0.3, -0.25) is 0 Å². The Bertz CT molecular complexity index is 620. The van der Waals surface area contributed by atoms with Crippen LogP contribution in [0.5, 0.6) is 0 Å². The normalized spacial score (nSPS) is 10.2. The van der Waals surface area contributed by atoms with Crippen LogP contribution >= 0.6 is 11.8 Å². The molecule has 1 aromatic heterocycles. The highest BCUT2D eigenvalue weighted by Crippen LogP contribution is 2.24. The summed E-state index contributed by atoms with van der Waals surface area (Å²) in [5.74, 6) is 3.17. The molecule has 0 spiro atoms. The Labute approximate surface area is 97.7 Å². The van der Waals surface area contributed by atoms with Crippen molar-refractivity contribution >= 4 is 22.7 Å². The van der Waals surface area contributed by atoms with Gasteiger partial charge in [-0.25, -0.2) is 4.79 Å². The van der Waals surface area contributed by atoms with Gasteiger partial charge in [0, 0.05) is 16.3 Å². The molecule has 16 heavy (non-hydrogen) atoms. The molecule has 0 amide bonds. The molecular formula is C13H10O2S. The summed E-state index contributed by atoms with van der Waals surface area (Å²) in [5.41, 5.74) is 1.23. The minimum atomic E-state index is -0.316. The van der Waals surface area contributed by atoms with Crippen LogP contribution in [-0.4, -0.2) is 5.75 Å². The molecule has 0 saturated carbocycles. The summed E-state index contributed by atoms with van der Waals surface area (Å²) in [4.78, 5) is 12.2. The first-order valence-electron chi connectivity index (χ1n) is 4.81. The van der Waals surface area contributed by atoms with E-state index in [4.69, 9.17) is 10.8 Å². The predicted octanol–water partition coefficient (Wildman–Crippen LogP) is 2.83. The van der Waals surface area contributed by atoms with E-state index in [9.17, 15) is 4.79 Å². The lowest BCUT2D eigenvalue weighted by molar-refractivity contribution is 0.559. The summed E-state index contributed by atoms with van der Waals surface area (Å²) in [6, 6.07) is 7.28. The average Bonchev–Trinajstić information content (AvgIpc) is 2.25. The Morgan fingerprint density at radius 1 is 1.44 bits per heavy atom. The fourth-order valence-corrected chi connectivity index (χ4v) is 2.12. The van der Waals surface area contributed by atoms with Crippen molar-refractivity contribution in [3.63, 3.8) is 0 Å². The van der Waals surface area contributed by atoms with Crippen molar-refractivity contribution in [2.75, 3.05) is 5.75 Å². The van der Waals surface area contributed by atoms with E-state index >= 15 is 0 Å². The van der Waals surface area contributed by atoms with Gasteiger partial charge in [0.2, 0.25) is 0 Å². The summed E-state index contributed by atoms with van der Waals surface area (Å²) in [6.07, 6.45) is 5.19. The van der Waals surface area contributed by atoms with Gasteiger partial charge in [0.25, 0.3) is 0 Å². The van der Waals surface area contributed by atoms with Crippen molar-refractivity contribution in [3.8, 4) is 12.3 Å². The van der Waals surface area contributed by atoms with Gasteiger partial charge in [-0.2, -0.15) is 0 Å². The van der Waals surface area contributed by atoms with Crippen LogP contribution in [-0.2, 0) is 0 Å². The second kappa shape index (κ2) is 4.46. The fraction of sp³-hybridized carbons (Fsp3) is 0.154. The van der Waals surface area contributed by atoms with Crippen LogP contribution in [0.15, 0.2) is 38.4 Å². The van der Waals surface area contributed by atoms with Gasteiger partial charge >= 0.3 is 5.63 Å². The highest BCUT2D eigenvalue weighted by Gasteiger charge is 2.03. The van der Waals surface area contributed by atoms with Crippen molar-refractivity contribution in [2.24, 2.45) is 0 Å². The van der Waals surface area contributed by atoms with E-state index in [1.165, 1.54) is 6.07 Å². The van der Waals surface area contributed by atoms with Crippen molar-refractivity contribution in [3.05, 3.63) is 40.2 Å². The zero-order valence-corrected chi connectivity index (χ0v) is 9.64. The van der Waals surface area contributed by atoms with Gasteiger partial charge in [0.05, 0.1) is 5.75 Å². The first-order chi connectivity index (χ1) is 7.70. The van der Waals surface area contributed by atoms with E-state index < -0.39 is 0 Å². The monoisotopic (exact) mass is 230 g/mol. The summed E-state index contributed by atoms with van der Waals surface area (Å²) in [7, 11) is 0. The van der Waals surface area contributed by atoms with Crippen molar-refractivity contribution in [2.45, 2.75) is 11.8 Å². The lowest BCUT2D eigenvalue weighted by Crippen LogP contribution is -1.97. The standard InChI is InChI=1S/C13H10O2S/c1-3-6-16-10-4-5-11-9(2)7-13(14)15-12(11)8-10/h1,4-5,7-8H,6H2,2H3. The Morgan fingerprint density at radius 3 is 3.00 bits per heavy atom. The molecule has 1 aromatic carbocycles. The molecule has 0 aliphatic rings. The Morgan fingerprint density at radius 2 is 2.25 bits per heavy atom. The SMILES string of the molecule is C#CCSc1ccc2c(C)cc(=O)oc2c1. The van der Waals surface area contributed by atoms with Crippen LogP contribution in [0.1, 0.15) is 5.56 Å². The lowest BCUT2D eigenvalue weighted by atomic mass is 10.1. The number of benzene rings is 1. The number of terminal acetylenes is 1. The molecule has 0 N–H and O–H groups in total. The lowest BCUT2D eigenvalue weighted by Gasteiger charge is -2.02. The second-order valence-electron chi connectivity index (χ2n) is 3.40. The number of thioether (sulfide) groups is 1. The average molecular weight is 230 g/mol. The Hall–Kier alpha value is -1.66. The zero-order valence-electron chi connectivity index (χ0n) is 8.82. The molecule has 0 fully saturated rings. The summed E-state index contributed by atoms with van der Waals surface area (Å²) < 4.78 is 5.14. The van der Waals surface area contributed by atoms with Gasteiger partial charge in [-0.05, 0) is 30.7 Å². The molecule has 2 nitrogen and oxygen atoms in total. The molecule has 2 aromatic rings. The number of hydrogen-bond acceptors (Lipinski definition) is 3. The van der Waals surface area contributed by atoms with Gasteiger partial charge in [-0.15, -0.1) is 18.2 Å².